The number of nitrogens with one attached hydrogen (secondary N) is 1. The van der Waals surface area contributed by atoms with Gasteiger partial charge in [-0.3, -0.25) is 4.79 Å². The average Bonchev–Trinajstić information content (AvgIpc) is 3.44. The first-order chi connectivity index (χ1) is 18.5. The third-order valence-corrected chi connectivity index (χ3v) is 6.13. The number of carbonyl (C=O) groups excluding carboxylic acids is 2. The van der Waals surface area contributed by atoms with Crippen molar-refractivity contribution in [2.75, 3.05) is 31.6 Å². The van der Waals surface area contributed by atoms with E-state index >= 15 is 0 Å². The van der Waals surface area contributed by atoms with Crippen LogP contribution in [0, 0.1) is 5.82 Å². The summed E-state index contributed by atoms with van der Waals surface area (Å²) in [4.78, 5) is 30.1. The lowest BCUT2D eigenvalue weighted by atomic mass is 10.1. The standard InChI is InChI=1S/C30H32FN3O4/c1-2-37-18-7-17-33(30(36)32-28-12-5-9-24-8-3-4-11-27(24)28)22-29(35)34(21-26-10-6-19-38-26)20-23-13-15-25(31)16-14-23/h3-6,8-16,19H,2,7,17-18,20-22H2,1H3,(H,32,36). The van der Waals surface area contributed by atoms with Crippen molar-refractivity contribution in [3.8, 4) is 0 Å². The SMILES string of the molecule is CCOCCCN(CC(=O)N(Cc1ccc(F)cc1)Cc1ccco1)C(=O)Nc1cccc2ccccc12. The van der Waals surface area contributed by atoms with Gasteiger partial charge in [-0.1, -0.05) is 48.5 Å². The Labute approximate surface area is 221 Å². The Kier molecular flexibility index (Phi) is 9.48. The number of urea groups is 1. The van der Waals surface area contributed by atoms with Crippen LogP contribution in [0.1, 0.15) is 24.7 Å². The summed E-state index contributed by atoms with van der Waals surface area (Å²) in [7, 11) is 0. The molecule has 7 nitrogen and oxygen atoms in total. The molecule has 0 unspecified atom stereocenters. The molecule has 0 aliphatic heterocycles. The van der Waals surface area contributed by atoms with Crippen LogP contribution in [0.5, 0.6) is 0 Å². The second-order valence-electron chi connectivity index (χ2n) is 8.88. The van der Waals surface area contributed by atoms with Gasteiger partial charge in [0.25, 0.3) is 0 Å². The molecule has 4 aromatic rings. The molecule has 0 aliphatic carbocycles. The van der Waals surface area contributed by atoms with E-state index in [1.165, 1.54) is 17.0 Å². The highest BCUT2D eigenvalue weighted by Gasteiger charge is 2.23. The topological polar surface area (TPSA) is 75.0 Å². The van der Waals surface area contributed by atoms with Crippen molar-refractivity contribution in [1.82, 2.24) is 9.80 Å². The molecule has 0 bridgehead atoms. The van der Waals surface area contributed by atoms with Crippen molar-refractivity contribution in [1.29, 1.82) is 0 Å². The molecule has 1 N–H and O–H groups in total. The molecule has 198 valence electrons. The number of hydrogen-bond acceptors (Lipinski definition) is 4. The van der Waals surface area contributed by atoms with Crippen LogP contribution in [0.15, 0.2) is 89.5 Å². The predicted molar refractivity (Wildman–Crippen MR) is 145 cm³/mol. The summed E-state index contributed by atoms with van der Waals surface area (Å²) >= 11 is 0. The first-order valence-corrected chi connectivity index (χ1v) is 12.7. The van der Waals surface area contributed by atoms with Crippen molar-refractivity contribution in [3.05, 3.63) is 102 Å². The molecule has 3 aromatic carbocycles. The molecular weight excluding hydrogens is 485 g/mol. The largest absolute Gasteiger partial charge is 0.467 e. The van der Waals surface area contributed by atoms with Gasteiger partial charge in [0.1, 0.15) is 18.1 Å². The van der Waals surface area contributed by atoms with Gasteiger partial charge in [-0.2, -0.15) is 0 Å². The quantitative estimate of drug-likeness (QED) is 0.232. The highest BCUT2D eigenvalue weighted by molar-refractivity contribution is 6.02. The maximum Gasteiger partial charge on any atom is 0.322 e. The highest BCUT2D eigenvalue weighted by Crippen LogP contribution is 2.23. The lowest BCUT2D eigenvalue weighted by Gasteiger charge is -2.28. The van der Waals surface area contributed by atoms with E-state index in [1.54, 1.807) is 35.4 Å². The monoisotopic (exact) mass is 517 g/mol. The number of nitrogens with zero attached hydrogens (tertiary/aromatic N) is 2. The third-order valence-electron chi connectivity index (χ3n) is 6.13. The van der Waals surface area contributed by atoms with Gasteiger partial charge in [0.15, 0.2) is 0 Å². The lowest BCUT2D eigenvalue weighted by molar-refractivity contribution is -0.133. The van der Waals surface area contributed by atoms with Gasteiger partial charge in [-0.15, -0.1) is 0 Å². The number of anilines is 1. The summed E-state index contributed by atoms with van der Waals surface area (Å²) in [6.07, 6.45) is 2.13. The Morgan fingerprint density at radius 3 is 2.47 bits per heavy atom. The molecule has 4 rings (SSSR count). The molecule has 8 heteroatoms. The molecule has 0 saturated carbocycles. The van der Waals surface area contributed by atoms with Crippen molar-refractivity contribution < 1.29 is 23.1 Å². The average molecular weight is 518 g/mol. The fourth-order valence-electron chi connectivity index (χ4n) is 4.18. The zero-order chi connectivity index (χ0) is 26.7. The van der Waals surface area contributed by atoms with E-state index in [-0.39, 0.29) is 37.4 Å². The van der Waals surface area contributed by atoms with E-state index in [0.717, 1.165) is 16.3 Å². The van der Waals surface area contributed by atoms with E-state index < -0.39 is 0 Å². The van der Waals surface area contributed by atoms with E-state index in [2.05, 4.69) is 5.32 Å². The Bertz CT molecular complexity index is 1320. The number of benzene rings is 3. The molecule has 0 radical (unpaired) electrons. The lowest BCUT2D eigenvalue weighted by Crippen LogP contribution is -2.44. The van der Waals surface area contributed by atoms with Crippen LogP contribution in [0.3, 0.4) is 0 Å². The molecule has 3 amide bonds. The molecule has 0 saturated heterocycles. The summed E-state index contributed by atoms with van der Waals surface area (Å²) in [5.74, 6) is 0.0158. The first kappa shape index (κ1) is 26.9. The number of carbonyl (C=O) groups is 2. The van der Waals surface area contributed by atoms with Gasteiger partial charge in [-0.25, -0.2) is 9.18 Å². The highest BCUT2D eigenvalue weighted by atomic mass is 19.1. The maximum absolute atomic E-state index is 13.6. The number of halogens is 1. The predicted octanol–water partition coefficient (Wildman–Crippen LogP) is 6.06. The fraction of sp³-hybridized carbons (Fsp3) is 0.267. The van der Waals surface area contributed by atoms with Crippen LogP contribution in [0.2, 0.25) is 0 Å². The second kappa shape index (κ2) is 13.4. The van der Waals surface area contributed by atoms with Gasteiger partial charge >= 0.3 is 6.03 Å². The third kappa shape index (κ3) is 7.43. The summed E-state index contributed by atoms with van der Waals surface area (Å²) in [5.41, 5.74) is 1.45. The van der Waals surface area contributed by atoms with Gasteiger partial charge < -0.3 is 24.3 Å². The molecule has 1 aromatic heterocycles. The van der Waals surface area contributed by atoms with Crippen LogP contribution >= 0.6 is 0 Å². The van der Waals surface area contributed by atoms with Crippen LogP contribution in [0.4, 0.5) is 14.9 Å². The molecule has 0 aliphatic rings. The summed E-state index contributed by atoms with van der Waals surface area (Å²) in [5, 5.41) is 4.91. The van der Waals surface area contributed by atoms with E-state index in [0.29, 0.717) is 37.6 Å². The van der Waals surface area contributed by atoms with Gasteiger partial charge in [0.2, 0.25) is 5.91 Å². The maximum atomic E-state index is 13.6. The van der Waals surface area contributed by atoms with Crippen LogP contribution in [-0.2, 0) is 22.6 Å². The number of amides is 3. The van der Waals surface area contributed by atoms with Crippen LogP contribution < -0.4 is 5.32 Å². The Hall–Kier alpha value is -4.17. The Balaban J connectivity index is 1.52. The van der Waals surface area contributed by atoms with E-state index in [4.69, 9.17) is 9.15 Å². The zero-order valence-corrected chi connectivity index (χ0v) is 21.4. The van der Waals surface area contributed by atoms with Gasteiger partial charge in [0.05, 0.1) is 18.5 Å². The van der Waals surface area contributed by atoms with Crippen molar-refractivity contribution in [2.24, 2.45) is 0 Å². The van der Waals surface area contributed by atoms with Gasteiger partial charge in [-0.05, 0) is 54.6 Å². The van der Waals surface area contributed by atoms with Crippen molar-refractivity contribution >= 4 is 28.4 Å². The molecule has 1 heterocycles. The number of fused-ring (bicyclic) bond motifs is 1. The number of rotatable bonds is 12. The molecular formula is C30H32FN3O4. The van der Waals surface area contributed by atoms with Crippen molar-refractivity contribution in [2.45, 2.75) is 26.4 Å². The first-order valence-electron chi connectivity index (χ1n) is 12.7. The Morgan fingerprint density at radius 2 is 1.71 bits per heavy atom. The van der Waals surface area contributed by atoms with E-state index in [1.807, 2.05) is 49.4 Å². The Morgan fingerprint density at radius 1 is 0.921 bits per heavy atom. The molecule has 38 heavy (non-hydrogen) atoms. The van der Waals surface area contributed by atoms with E-state index in [9.17, 15) is 14.0 Å². The minimum absolute atomic E-state index is 0.134. The second-order valence-corrected chi connectivity index (χ2v) is 8.88. The fourth-order valence-corrected chi connectivity index (χ4v) is 4.18. The normalized spacial score (nSPS) is 10.9. The smallest absolute Gasteiger partial charge is 0.322 e. The zero-order valence-electron chi connectivity index (χ0n) is 21.4. The van der Waals surface area contributed by atoms with Crippen LogP contribution in [-0.4, -0.2) is 48.0 Å². The summed E-state index contributed by atoms with van der Waals surface area (Å²) in [6.45, 7) is 3.65. The van der Waals surface area contributed by atoms with Gasteiger partial charge in [0, 0.05) is 31.7 Å². The van der Waals surface area contributed by atoms with Crippen LogP contribution in [0.25, 0.3) is 10.8 Å². The molecule has 0 fully saturated rings. The minimum Gasteiger partial charge on any atom is -0.467 e. The van der Waals surface area contributed by atoms with Crippen molar-refractivity contribution in [3.63, 3.8) is 0 Å². The minimum atomic E-state index is -0.370. The number of ether oxygens (including phenoxy) is 1. The number of furan rings is 1. The summed E-state index contributed by atoms with van der Waals surface area (Å²) in [6, 6.07) is 22.7. The molecule has 0 atom stereocenters. The number of hydrogen-bond donors (Lipinski definition) is 1. The summed E-state index contributed by atoms with van der Waals surface area (Å²) < 4.78 is 24.4. The molecule has 0 spiro atoms.